The van der Waals surface area contributed by atoms with Crippen molar-refractivity contribution in [2.45, 2.75) is 6.92 Å². The van der Waals surface area contributed by atoms with Gasteiger partial charge in [-0.15, -0.1) is 0 Å². The molecule has 1 N–H and O–H groups in total. The number of halogens is 2. The summed E-state index contributed by atoms with van der Waals surface area (Å²) >= 11 is 12.1. The van der Waals surface area contributed by atoms with Gasteiger partial charge in [-0.2, -0.15) is 0 Å². The SMILES string of the molecule is Cc1c(Cl)cccc1N(CC(=O)NCCOc1ccccc1Cl)S(C)(=O)=O. The number of para-hydroxylation sites is 1. The lowest BCUT2D eigenvalue weighted by molar-refractivity contribution is -0.119. The number of benzene rings is 2. The number of rotatable bonds is 8. The molecule has 0 spiro atoms. The predicted octanol–water partition coefficient (Wildman–Crippen LogP) is 3.26. The Bertz CT molecular complexity index is 919. The van der Waals surface area contributed by atoms with Gasteiger partial charge in [0.25, 0.3) is 0 Å². The number of ether oxygens (including phenoxy) is 1. The van der Waals surface area contributed by atoms with E-state index in [1.54, 1.807) is 49.4 Å². The molecule has 6 nitrogen and oxygen atoms in total. The first-order valence-corrected chi connectivity index (χ1v) is 10.7. The Morgan fingerprint density at radius 3 is 2.44 bits per heavy atom. The van der Waals surface area contributed by atoms with Gasteiger partial charge in [0.1, 0.15) is 18.9 Å². The van der Waals surface area contributed by atoms with Gasteiger partial charge in [0.2, 0.25) is 15.9 Å². The normalized spacial score (nSPS) is 11.1. The van der Waals surface area contributed by atoms with Gasteiger partial charge in [-0.1, -0.05) is 41.4 Å². The molecule has 2 aromatic rings. The van der Waals surface area contributed by atoms with Gasteiger partial charge in [-0.25, -0.2) is 8.42 Å². The number of nitrogens with one attached hydrogen (secondary N) is 1. The third-order valence-corrected chi connectivity index (χ3v) is 5.56. The van der Waals surface area contributed by atoms with Gasteiger partial charge in [0.15, 0.2) is 0 Å². The summed E-state index contributed by atoms with van der Waals surface area (Å²) in [5.41, 5.74) is 0.951. The Hall–Kier alpha value is -1.96. The molecule has 0 aromatic heterocycles. The van der Waals surface area contributed by atoms with E-state index < -0.39 is 15.9 Å². The Morgan fingerprint density at radius 2 is 1.78 bits per heavy atom. The predicted molar refractivity (Wildman–Crippen MR) is 108 cm³/mol. The highest BCUT2D eigenvalue weighted by Gasteiger charge is 2.22. The van der Waals surface area contributed by atoms with Crippen molar-refractivity contribution in [1.29, 1.82) is 0 Å². The van der Waals surface area contributed by atoms with E-state index in [9.17, 15) is 13.2 Å². The second-order valence-corrected chi connectivity index (χ2v) is 8.50. The molecular weight excluding hydrogens is 411 g/mol. The van der Waals surface area contributed by atoms with Crippen LogP contribution in [0.4, 0.5) is 5.69 Å². The van der Waals surface area contributed by atoms with Crippen LogP contribution in [0.1, 0.15) is 5.56 Å². The number of amides is 1. The van der Waals surface area contributed by atoms with Gasteiger partial charge in [0, 0.05) is 5.02 Å². The third-order valence-electron chi connectivity index (χ3n) is 3.71. The van der Waals surface area contributed by atoms with Crippen LogP contribution < -0.4 is 14.4 Å². The van der Waals surface area contributed by atoms with Crippen molar-refractivity contribution in [3.05, 3.63) is 58.1 Å². The topological polar surface area (TPSA) is 75.7 Å². The van der Waals surface area contributed by atoms with Crippen LogP contribution >= 0.6 is 23.2 Å². The first-order valence-electron chi connectivity index (χ1n) is 8.07. The zero-order valence-electron chi connectivity index (χ0n) is 14.9. The maximum Gasteiger partial charge on any atom is 0.240 e. The smallest absolute Gasteiger partial charge is 0.240 e. The Balaban J connectivity index is 1.97. The summed E-state index contributed by atoms with van der Waals surface area (Å²) in [6.07, 6.45) is 1.04. The zero-order valence-corrected chi connectivity index (χ0v) is 17.2. The molecule has 146 valence electrons. The van der Waals surface area contributed by atoms with E-state index in [2.05, 4.69) is 5.32 Å². The van der Waals surface area contributed by atoms with Gasteiger partial charge >= 0.3 is 0 Å². The molecule has 0 saturated heterocycles. The van der Waals surface area contributed by atoms with Crippen LogP contribution in [0, 0.1) is 6.92 Å². The zero-order chi connectivity index (χ0) is 20.0. The fourth-order valence-corrected chi connectivity index (χ4v) is 3.61. The van der Waals surface area contributed by atoms with Crippen molar-refractivity contribution in [3.8, 4) is 5.75 Å². The number of hydrogen-bond acceptors (Lipinski definition) is 4. The van der Waals surface area contributed by atoms with Gasteiger partial charge < -0.3 is 10.1 Å². The molecule has 0 radical (unpaired) electrons. The van der Waals surface area contributed by atoms with E-state index in [0.29, 0.717) is 27.0 Å². The Morgan fingerprint density at radius 1 is 1.11 bits per heavy atom. The second-order valence-electron chi connectivity index (χ2n) is 5.78. The van der Waals surface area contributed by atoms with Crippen molar-refractivity contribution in [2.75, 3.05) is 30.3 Å². The van der Waals surface area contributed by atoms with Gasteiger partial charge in [0.05, 0.1) is 23.5 Å². The van der Waals surface area contributed by atoms with E-state index >= 15 is 0 Å². The van der Waals surface area contributed by atoms with Crippen LogP contribution in [0.25, 0.3) is 0 Å². The minimum atomic E-state index is -3.67. The molecule has 1 amide bonds. The number of carbonyl (C=O) groups excluding carboxylic acids is 1. The fourth-order valence-electron chi connectivity index (χ4n) is 2.35. The number of nitrogens with zero attached hydrogens (tertiary/aromatic N) is 1. The van der Waals surface area contributed by atoms with E-state index in [0.717, 1.165) is 10.6 Å². The highest BCUT2D eigenvalue weighted by Crippen LogP contribution is 2.28. The summed E-state index contributed by atoms with van der Waals surface area (Å²) in [7, 11) is -3.67. The largest absolute Gasteiger partial charge is 0.490 e. The molecule has 0 aliphatic rings. The second kappa shape index (κ2) is 9.30. The van der Waals surface area contributed by atoms with E-state index in [4.69, 9.17) is 27.9 Å². The van der Waals surface area contributed by atoms with Crippen LogP contribution in [0.3, 0.4) is 0 Å². The summed E-state index contributed by atoms with van der Waals surface area (Å²) in [6, 6.07) is 11.9. The molecule has 0 aliphatic heterocycles. The highest BCUT2D eigenvalue weighted by atomic mass is 35.5. The summed E-state index contributed by atoms with van der Waals surface area (Å²) in [4.78, 5) is 12.2. The Labute approximate surface area is 169 Å². The lowest BCUT2D eigenvalue weighted by Crippen LogP contribution is -2.41. The summed E-state index contributed by atoms with van der Waals surface area (Å²) in [5, 5.41) is 3.53. The average molecular weight is 431 g/mol. The lowest BCUT2D eigenvalue weighted by atomic mass is 10.2. The van der Waals surface area contributed by atoms with Crippen LogP contribution in [0.5, 0.6) is 5.75 Å². The average Bonchev–Trinajstić information content (AvgIpc) is 2.60. The molecule has 0 bridgehead atoms. The standard InChI is InChI=1S/C18H20Cl2N2O4S/c1-13-14(19)7-5-8-16(13)22(27(2,24)25)12-18(23)21-10-11-26-17-9-4-3-6-15(17)20/h3-9H,10-12H2,1-2H3,(H,21,23). The minimum absolute atomic E-state index is 0.199. The molecule has 2 aromatic carbocycles. The monoisotopic (exact) mass is 430 g/mol. The van der Waals surface area contributed by atoms with Crippen LogP contribution in [-0.4, -0.2) is 40.3 Å². The molecule has 0 fully saturated rings. The molecule has 0 heterocycles. The first kappa shape index (κ1) is 21.3. The van der Waals surface area contributed by atoms with E-state index in [-0.39, 0.29) is 19.7 Å². The number of carbonyl (C=O) groups is 1. The van der Waals surface area contributed by atoms with E-state index in [1.165, 1.54) is 0 Å². The van der Waals surface area contributed by atoms with Crippen molar-refractivity contribution >= 4 is 44.8 Å². The van der Waals surface area contributed by atoms with Crippen molar-refractivity contribution < 1.29 is 17.9 Å². The number of sulfonamides is 1. The van der Waals surface area contributed by atoms with Gasteiger partial charge in [-0.05, 0) is 36.8 Å². The molecule has 2 rings (SSSR count). The summed E-state index contributed by atoms with van der Waals surface area (Å²) < 4.78 is 30.8. The first-order chi connectivity index (χ1) is 12.7. The molecule has 9 heteroatoms. The molecule has 0 unspecified atom stereocenters. The molecule has 0 aliphatic carbocycles. The van der Waals surface area contributed by atoms with E-state index in [1.807, 2.05) is 0 Å². The van der Waals surface area contributed by atoms with Crippen molar-refractivity contribution in [1.82, 2.24) is 5.32 Å². The molecule has 27 heavy (non-hydrogen) atoms. The van der Waals surface area contributed by atoms with Crippen molar-refractivity contribution in [2.24, 2.45) is 0 Å². The van der Waals surface area contributed by atoms with Gasteiger partial charge in [-0.3, -0.25) is 9.10 Å². The number of hydrogen-bond donors (Lipinski definition) is 1. The third kappa shape index (κ3) is 6.02. The Kier molecular flexibility index (Phi) is 7.35. The van der Waals surface area contributed by atoms with Crippen LogP contribution in [-0.2, 0) is 14.8 Å². The lowest BCUT2D eigenvalue weighted by Gasteiger charge is -2.24. The number of anilines is 1. The molecular formula is C18H20Cl2N2O4S. The fraction of sp³-hybridized carbons (Fsp3) is 0.278. The molecule has 0 saturated carbocycles. The minimum Gasteiger partial charge on any atom is -0.490 e. The van der Waals surface area contributed by atoms with Crippen molar-refractivity contribution in [3.63, 3.8) is 0 Å². The quantitative estimate of drug-likeness (QED) is 0.651. The summed E-state index contributed by atoms with van der Waals surface area (Å²) in [5.74, 6) is 0.0586. The summed E-state index contributed by atoms with van der Waals surface area (Å²) in [6.45, 7) is 1.75. The highest BCUT2D eigenvalue weighted by molar-refractivity contribution is 7.92. The maximum atomic E-state index is 12.2. The molecule has 0 atom stereocenters. The van der Waals surface area contributed by atoms with Crippen LogP contribution in [0.15, 0.2) is 42.5 Å². The van der Waals surface area contributed by atoms with Crippen LogP contribution in [0.2, 0.25) is 10.0 Å². The maximum absolute atomic E-state index is 12.2.